The van der Waals surface area contributed by atoms with Gasteiger partial charge in [-0.2, -0.15) is 0 Å². The monoisotopic (exact) mass is 307 g/mol. The number of aryl methyl sites for hydroxylation is 1. The maximum absolute atomic E-state index is 13.8. The van der Waals surface area contributed by atoms with Gasteiger partial charge in [-0.1, -0.05) is 24.3 Å². The molecule has 0 aliphatic carbocycles. The van der Waals surface area contributed by atoms with Crippen molar-refractivity contribution >= 4 is 15.5 Å². The largest absolute Gasteiger partial charge is 0.378 e. The number of nitrogens with one attached hydrogen (secondary N) is 1. The molecule has 2 aromatic carbocycles. The van der Waals surface area contributed by atoms with E-state index < -0.39 is 9.84 Å². The van der Waals surface area contributed by atoms with Crippen molar-refractivity contribution in [2.45, 2.75) is 24.8 Å². The molecule has 0 saturated heterocycles. The summed E-state index contributed by atoms with van der Waals surface area (Å²) in [6.45, 7) is 3.72. The van der Waals surface area contributed by atoms with E-state index in [1.54, 1.807) is 36.4 Å². The highest BCUT2D eigenvalue weighted by atomic mass is 32.2. The van der Waals surface area contributed by atoms with Crippen LogP contribution in [0, 0.1) is 12.7 Å². The van der Waals surface area contributed by atoms with Gasteiger partial charge in [-0.15, -0.1) is 0 Å². The highest BCUT2D eigenvalue weighted by Gasteiger charge is 2.13. The second-order valence-electron chi connectivity index (χ2n) is 5.14. The summed E-state index contributed by atoms with van der Waals surface area (Å²) in [7, 11) is -3.26. The lowest BCUT2D eigenvalue weighted by Crippen LogP contribution is -2.10. The Morgan fingerprint density at radius 2 is 1.81 bits per heavy atom. The molecular formula is C16H18FNO2S. The van der Waals surface area contributed by atoms with Gasteiger partial charge in [0.25, 0.3) is 0 Å². The molecule has 0 saturated carbocycles. The zero-order chi connectivity index (χ0) is 15.6. The quantitative estimate of drug-likeness (QED) is 0.936. The Morgan fingerprint density at radius 3 is 2.43 bits per heavy atom. The third kappa shape index (κ3) is 3.61. The number of hydrogen-bond donors (Lipinski definition) is 1. The van der Waals surface area contributed by atoms with E-state index in [1.807, 2.05) is 13.8 Å². The smallest absolute Gasteiger partial charge is 0.175 e. The van der Waals surface area contributed by atoms with Crippen LogP contribution in [0.3, 0.4) is 0 Å². The predicted molar refractivity (Wildman–Crippen MR) is 82.7 cm³/mol. The Labute approximate surface area is 124 Å². The van der Waals surface area contributed by atoms with Crippen molar-refractivity contribution in [3.05, 3.63) is 59.4 Å². The zero-order valence-corrected chi connectivity index (χ0v) is 13.0. The van der Waals surface area contributed by atoms with Crippen LogP contribution in [0.4, 0.5) is 10.1 Å². The Hall–Kier alpha value is -1.88. The molecule has 2 rings (SSSR count). The minimum Gasteiger partial charge on any atom is -0.378 e. The second-order valence-corrected chi connectivity index (χ2v) is 7.15. The Bertz CT molecular complexity index is 757. The number of benzene rings is 2. The van der Waals surface area contributed by atoms with E-state index in [9.17, 15) is 12.8 Å². The van der Waals surface area contributed by atoms with Crippen molar-refractivity contribution in [2.24, 2.45) is 0 Å². The Morgan fingerprint density at radius 1 is 1.14 bits per heavy atom. The summed E-state index contributed by atoms with van der Waals surface area (Å²) in [4.78, 5) is 0.247. The topological polar surface area (TPSA) is 46.2 Å². The summed E-state index contributed by atoms with van der Waals surface area (Å²) in [6.07, 6.45) is 1.17. The van der Waals surface area contributed by atoms with Gasteiger partial charge in [0.2, 0.25) is 0 Å². The molecule has 0 heterocycles. The van der Waals surface area contributed by atoms with Crippen molar-refractivity contribution in [2.75, 3.05) is 11.6 Å². The highest BCUT2D eigenvalue weighted by Crippen LogP contribution is 2.26. The SMILES string of the molecule is Cc1ccc(S(C)(=O)=O)cc1NC(C)c1ccccc1F. The van der Waals surface area contributed by atoms with Gasteiger partial charge in [0.15, 0.2) is 9.84 Å². The summed E-state index contributed by atoms with van der Waals surface area (Å²) < 4.78 is 37.0. The van der Waals surface area contributed by atoms with Crippen LogP contribution >= 0.6 is 0 Å². The number of rotatable bonds is 4. The van der Waals surface area contributed by atoms with E-state index in [1.165, 1.54) is 12.3 Å². The first-order valence-corrected chi connectivity index (χ1v) is 8.50. The number of anilines is 1. The van der Waals surface area contributed by atoms with Crippen molar-refractivity contribution in [1.29, 1.82) is 0 Å². The molecule has 21 heavy (non-hydrogen) atoms. The Kier molecular flexibility index (Phi) is 4.32. The van der Waals surface area contributed by atoms with Crippen LogP contribution in [0.5, 0.6) is 0 Å². The lowest BCUT2D eigenvalue weighted by atomic mass is 10.1. The summed E-state index contributed by atoms with van der Waals surface area (Å²) in [6, 6.07) is 11.2. The standard InChI is InChI=1S/C16H18FNO2S/c1-11-8-9-13(21(3,19)20)10-16(11)18-12(2)14-6-4-5-7-15(14)17/h4-10,12,18H,1-3H3. The van der Waals surface area contributed by atoms with Gasteiger partial charge in [-0.3, -0.25) is 0 Å². The van der Waals surface area contributed by atoms with E-state index in [0.717, 1.165) is 5.56 Å². The molecule has 0 fully saturated rings. The summed E-state index contributed by atoms with van der Waals surface area (Å²) >= 11 is 0. The fraction of sp³-hybridized carbons (Fsp3) is 0.250. The minimum absolute atomic E-state index is 0.247. The predicted octanol–water partition coefficient (Wildman–Crippen LogP) is 3.71. The average Bonchev–Trinajstić information content (AvgIpc) is 2.40. The maximum atomic E-state index is 13.8. The lowest BCUT2D eigenvalue weighted by Gasteiger charge is -2.18. The molecule has 112 valence electrons. The van der Waals surface area contributed by atoms with E-state index >= 15 is 0 Å². The van der Waals surface area contributed by atoms with Crippen molar-refractivity contribution in [3.63, 3.8) is 0 Å². The summed E-state index contributed by atoms with van der Waals surface area (Å²) in [5.74, 6) is -0.283. The first kappa shape index (κ1) is 15.5. The van der Waals surface area contributed by atoms with E-state index in [0.29, 0.717) is 11.3 Å². The molecule has 0 aromatic heterocycles. The van der Waals surface area contributed by atoms with Crippen molar-refractivity contribution < 1.29 is 12.8 Å². The third-order valence-corrected chi connectivity index (χ3v) is 4.49. The molecule has 2 aromatic rings. The molecule has 3 nitrogen and oxygen atoms in total. The minimum atomic E-state index is -3.26. The van der Waals surface area contributed by atoms with Crippen molar-refractivity contribution in [3.8, 4) is 0 Å². The number of halogens is 1. The highest BCUT2D eigenvalue weighted by molar-refractivity contribution is 7.90. The van der Waals surface area contributed by atoms with Gasteiger partial charge < -0.3 is 5.32 Å². The van der Waals surface area contributed by atoms with E-state index in [-0.39, 0.29) is 16.8 Å². The Balaban J connectivity index is 2.33. The normalized spacial score (nSPS) is 13.0. The van der Waals surface area contributed by atoms with Gasteiger partial charge in [0.05, 0.1) is 10.9 Å². The molecule has 0 spiro atoms. The van der Waals surface area contributed by atoms with Crippen LogP contribution in [0.15, 0.2) is 47.4 Å². The molecule has 0 radical (unpaired) electrons. The molecule has 0 aliphatic heterocycles. The fourth-order valence-electron chi connectivity index (χ4n) is 2.12. The average molecular weight is 307 g/mol. The van der Waals surface area contributed by atoms with E-state index in [2.05, 4.69) is 5.32 Å². The number of sulfone groups is 1. The van der Waals surface area contributed by atoms with Crippen LogP contribution in [-0.4, -0.2) is 14.7 Å². The first-order valence-electron chi connectivity index (χ1n) is 6.60. The van der Waals surface area contributed by atoms with Crippen molar-refractivity contribution in [1.82, 2.24) is 0 Å². The van der Waals surface area contributed by atoms with Gasteiger partial charge in [0.1, 0.15) is 5.82 Å². The number of hydrogen-bond acceptors (Lipinski definition) is 3. The molecule has 1 atom stereocenters. The van der Waals surface area contributed by atoms with Crippen LogP contribution in [-0.2, 0) is 9.84 Å². The van der Waals surface area contributed by atoms with Crippen LogP contribution in [0.2, 0.25) is 0 Å². The second kappa shape index (κ2) is 5.85. The van der Waals surface area contributed by atoms with Gasteiger partial charge in [-0.25, -0.2) is 12.8 Å². The molecule has 1 N–H and O–H groups in total. The van der Waals surface area contributed by atoms with Gasteiger partial charge in [0, 0.05) is 17.5 Å². The zero-order valence-electron chi connectivity index (χ0n) is 12.2. The van der Waals surface area contributed by atoms with Crippen LogP contribution in [0.25, 0.3) is 0 Å². The lowest BCUT2D eigenvalue weighted by molar-refractivity contribution is 0.599. The van der Waals surface area contributed by atoms with E-state index in [4.69, 9.17) is 0 Å². The summed E-state index contributed by atoms with van der Waals surface area (Å²) in [5, 5.41) is 3.18. The van der Waals surface area contributed by atoms with Gasteiger partial charge >= 0.3 is 0 Å². The van der Waals surface area contributed by atoms with Gasteiger partial charge in [-0.05, 0) is 37.6 Å². The first-order chi connectivity index (χ1) is 9.79. The molecular weight excluding hydrogens is 289 g/mol. The fourth-order valence-corrected chi connectivity index (χ4v) is 2.77. The summed E-state index contributed by atoms with van der Waals surface area (Å²) in [5.41, 5.74) is 2.14. The molecule has 5 heteroatoms. The maximum Gasteiger partial charge on any atom is 0.175 e. The molecule has 0 bridgehead atoms. The molecule has 1 unspecified atom stereocenters. The molecule has 0 amide bonds. The van der Waals surface area contributed by atoms with Crippen LogP contribution < -0.4 is 5.32 Å². The van der Waals surface area contributed by atoms with Crippen LogP contribution in [0.1, 0.15) is 24.1 Å². The third-order valence-electron chi connectivity index (χ3n) is 3.38. The molecule has 0 aliphatic rings.